The lowest BCUT2D eigenvalue weighted by molar-refractivity contribution is -0.119. The van der Waals surface area contributed by atoms with Gasteiger partial charge in [0.1, 0.15) is 5.75 Å². The number of allylic oxidation sites excluding steroid dienone is 2. The summed E-state index contributed by atoms with van der Waals surface area (Å²) in [5.41, 5.74) is 4.08. The molecule has 0 saturated carbocycles. The van der Waals surface area contributed by atoms with Crippen molar-refractivity contribution in [2.45, 2.75) is 6.42 Å². The number of rotatable bonds is 4. The first-order chi connectivity index (χ1) is 14.7. The molecule has 0 N–H and O–H groups in total. The Labute approximate surface area is 173 Å². The van der Waals surface area contributed by atoms with Gasteiger partial charge in [-0.1, -0.05) is 36.4 Å². The average Bonchev–Trinajstić information content (AvgIpc) is 3.30. The minimum absolute atomic E-state index is 0.130. The number of aromatic nitrogens is 2. The predicted octanol–water partition coefficient (Wildman–Crippen LogP) is 4.49. The van der Waals surface area contributed by atoms with E-state index < -0.39 is 0 Å². The SMILES string of the molecule is COc1ccccc1C1=C(c2cn(-c3cccnc3)c3ccccc23)C(=O)CC1=O. The molecule has 1 aliphatic carbocycles. The molecule has 5 nitrogen and oxygen atoms in total. The third kappa shape index (κ3) is 2.75. The molecule has 0 bridgehead atoms. The summed E-state index contributed by atoms with van der Waals surface area (Å²) in [6, 6.07) is 19.0. The fraction of sp³-hybridized carbons (Fsp3) is 0.0800. The van der Waals surface area contributed by atoms with E-state index in [1.165, 1.54) is 0 Å². The summed E-state index contributed by atoms with van der Waals surface area (Å²) in [5, 5.41) is 0.909. The van der Waals surface area contributed by atoms with E-state index in [1.54, 1.807) is 25.6 Å². The maximum Gasteiger partial charge on any atom is 0.172 e. The van der Waals surface area contributed by atoms with Crippen LogP contribution in [0.2, 0.25) is 0 Å². The second kappa shape index (κ2) is 7.12. The number of carbonyl (C=O) groups is 2. The van der Waals surface area contributed by atoms with E-state index in [0.717, 1.165) is 22.2 Å². The van der Waals surface area contributed by atoms with Crippen LogP contribution in [-0.4, -0.2) is 28.2 Å². The van der Waals surface area contributed by atoms with Crippen LogP contribution in [0.1, 0.15) is 17.5 Å². The van der Waals surface area contributed by atoms with Gasteiger partial charge in [0.05, 0.1) is 30.9 Å². The van der Waals surface area contributed by atoms with Gasteiger partial charge < -0.3 is 9.30 Å². The number of hydrogen-bond acceptors (Lipinski definition) is 4. The molecule has 0 atom stereocenters. The van der Waals surface area contributed by atoms with Crippen LogP contribution < -0.4 is 4.74 Å². The lowest BCUT2D eigenvalue weighted by atomic mass is 9.95. The summed E-state index contributed by atoms with van der Waals surface area (Å²) in [7, 11) is 1.56. The molecule has 0 radical (unpaired) electrons. The number of pyridine rings is 1. The maximum atomic E-state index is 13.0. The zero-order chi connectivity index (χ0) is 20.7. The van der Waals surface area contributed by atoms with E-state index in [0.29, 0.717) is 22.5 Å². The van der Waals surface area contributed by atoms with E-state index in [2.05, 4.69) is 4.98 Å². The van der Waals surface area contributed by atoms with Crippen molar-refractivity contribution < 1.29 is 14.3 Å². The molecule has 5 heteroatoms. The van der Waals surface area contributed by atoms with Crippen LogP contribution in [-0.2, 0) is 9.59 Å². The van der Waals surface area contributed by atoms with Crippen LogP contribution in [0.3, 0.4) is 0 Å². The minimum Gasteiger partial charge on any atom is -0.496 e. The first-order valence-corrected chi connectivity index (χ1v) is 9.64. The molecule has 0 spiro atoms. The number of nitrogens with zero attached hydrogens (tertiary/aromatic N) is 2. The molecule has 2 heterocycles. The molecule has 0 unspecified atom stereocenters. The number of fused-ring (bicyclic) bond motifs is 1. The topological polar surface area (TPSA) is 61.2 Å². The van der Waals surface area contributed by atoms with Gasteiger partial charge in [-0.05, 0) is 24.3 Å². The van der Waals surface area contributed by atoms with Gasteiger partial charge in [0.2, 0.25) is 0 Å². The van der Waals surface area contributed by atoms with Crippen LogP contribution >= 0.6 is 0 Å². The number of carbonyl (C=O) groups excluding carboxylic acids is 2. The monoisotopic (exact) mass is 394 g/mol. The third-order valence-corrected chi connectivity index (χ3v) is 5.41. The largest absolute Gasteiger partial charge is 0.496 e. The summed E-state index contributed by atoms with van der Waals surface area (Å²) in [4.78, 5) is 30.1. The number of benzene rings is 2. The van der Waals surface area contributed by atoms with E-state index in [4.69, 9.17) is 4.74 Å². The smallest absolute Gasteiger partial charge is 0.172 e. The Hall–Kier alpha value is -3.99. The summed E-state index contributed by atoms with van der Waals surface area (Å²) in [6.07, 6.45) is 5.28. The van der Waals surface area contributed by atoms with Crippen LogP contribution in [0.4, 0.5) is 0 Å². The van der Waals surface area contributed by atoms with Gasteiger partial charge in [0.15, 0.2) is 11.6 Å². The lowest BCUT2D eigenvalue weighted by Gasteiger charge is -2.10. The summed E-state index contributed by atoms with van der Waals surface area (Å²) >= 11 is 0. The van der Waals surface area contributed by atoms with Crippen LogP contribution in [0.15, 0.2) is 79.3 Å². The van der Waals surface area contributed by atoms with Crippen LogP contribution in [0.25, 0.3) is 27.7 Å². The number of hydrogen-bond donors (Lipinski definition) is 0. The van der Waals surface area contributed by atoms with Crippen molar-refractivity contribution in [3.8, 4) is 11.4 Å². The van der Waals surface area contributed by atoms with Gasteiger partial charge in [-0.15, -0.1) is 0 Å². The molecule has 0 aliphatic heterocycles. The highest BCUT2D eigenvalue weighted by atomic mass is 16.5. The molecule has 0 fully saturated rings. The van der Waals surface area contributed by atoms with Crippen molar-refractivity contribution in [2.75, 3.05) is 7.11 Å². The number of ketones is 2. The van der Waals surface area contributed by atoms with Crippen molar-refractivity contribution >= 4 is 33.6 Å². The van der Waals surface area contributed by atoms with Crippen molar-refractivity contribution in [3.05, 3.63) is 90.4 Å². The highest BCUT2D eigenvalue weighted by Crippen LogP contribution is 2.41. The second-order valence-electron chi connectivity index (χ2n) is 7.11. The molecule has 146 valence electrons. The molecular weight excluding hydrogens is 376 g/mol. The van der Waals surface area contributed by atoms with E-state index in [9.17, 15) is 9.59 Å². The number of para-hydroxylation sites is 2. The van der Waals surface area contributed by atoms with Crippen molar-refractivity contribution in [1.29, 1.82) is 0 Å². The van der Waals surface area contributed by atoms with Crippen molar-refractivity contribution in [3.63, 3.8) is 0 Å². The Morgan fingerprint density at radius 3 is 2.37 bits per heavy atom. The number of methoxy groups -OCH3 is 1. The predicted molar refractivity (Wildman–Crippen MR) is 116 cm³/mol. The van der Waals surface area contributed by atoms with Gasteiger partial charge in [-0.3, -0.25) is 14.6 Å². The zero-order valence-electron chi connectivity index (χ0n) is 16.3. The molecule has 0 amide bonds. The Bertz CT molecular complexity index is 1330. The van der Waals surface area contributed by atoms with E-state index in [-0.39, 0.29) is 18.0 Å². The first-order valence-electron chi connectivity index (χ1n) is 9.64. The summed E-state index contributed by atoms with van der Waals surface area (Å²) in [5.74, 6) is 0.219. The quantitative estimate of drug-likeness (QED) is 0.479. The molecule has 4 aromatic rings. The fourth-order valence-corrected chi connectivity index (χ4v) is 4.11. The zero-order valence-corrected chi connectivity index (χ0v) is 16.3. The van der Waals surface area contributed by atoms with E-state index >= 15 is 0 Å². The molecular formula is C25H18N2O3. The number of ether oxygens (including phenoxy) is 1. The Morgan fingerprint density at radius 2 is 1.60 bits per heavy atom. The minimum atomic E-state index is -0.183. The van der Waals surface area contributed by atoms with Crippen LogP contribution in [0.5, 0.6) is 5.75 Å². The molecule has 0 saturated heterocycles. The highest BCUT2D eigenvalue weighted by Gasteiger charge is 2.35. The molecule has 2 aromatic carbocycles. The Morgan fingerprint density at radius 1 is 0.867 bits per heavy atom. The highest BCUT2D eigenvalue weighted by molar-refractivity contribution is 6.52. The normalized spacial score (nSPS) is 14.0. The van der Waals surface area contributed by atoms with Gasteiger partial charge in [-0.2, -0.15) is 0 Å². The Kier molecular flexibility index (Phi) is 4.29. The van der Waals surface area contributed by atoms with Gasteiger partial charge in [0, 0.05) is 40.1 Å². The summed E-state index contributed by atoms with van der Waals surface area (Å²) < 4.78 is 7.48. The number of Topliss-reactive ketones (excluding diaryl/α,β-unsaturated/α-hetero) is 2. The first kappa shape index (κ1) is 18.1. The second-order valence-corrected chi connectivity index (χ2v) is 7.11. The fourth-order valence-electron chi connectivity index (χ4n) is 4.11. The standard InChI is InChI=1S/C25H18N2O3/c1-30-23-11-5-3-9-18(23)24-21(28)13-22(29)25(24)19-15-27(16-7-6-12-26-14-16)20-10-4-2-8-17(19)20/h2-12,14-15H,13H2,1H3. The van der Waals surface area contributed by atoms with Crippen molar-refractivity contribution in [1.82, 2.24) is 9.55 Å². The molecule has 30 heavy (non-hydrogen) atoms. The molecule has 1 aliphatic rings. The molecule has 2 aromatic heterocycles. The third-order valence-electron chi connectivity index (χ3n) is 5.41. The molecule has 5 rings (SSSR count). The Balaban J connectivity index is 1.83. The maximum absolute atomic E-state index is 13.0. The van der Waals surface area contributed by atoms with Crippen molar-refractivity contribution in [2.24, 2.45) is 0 Å². The van der Waals surface area contributed by atoms with Crippen LogP contribution in [0, 0.1) is 0 Å². The van der Waals surface area contributed by atoms with E-state index in [1.807, 2.05) is 65.4 Å². The lowest BCUT2D eigenvalue weighted by Crippen LogP contribution is -1.99. The van der Waals surface area contributed by atoms with Gasteiger partial charge in [-0.25, -0.2) is 0 Å². The van der Waals surface area contributed by atoms with Gasteiger partial charge in [0.25, 0.3) is 0 Å². The average molecular weight is 394 g/mol. The van der Waals surface area contributed by atoms with Gasteiger partial charge >= 0.3 is 0 Å². The summed E-state index contributed by atoms with van der Waals surface area (Å²) in [6.45, 7) is 0.